The van der Waals surface area contributed by atoms with Crippen LogP contribution in [0.2, 0.25) is 0 Å². The highest BCUT2D eigenvalue weighted by Gasteiger charge is 2.37. The van der Waals surface area contributed by atoms with Crippen molar-refractivity contribution in [2.75, 3.05) is 24.8 Å². The fraction of sp³-hybridized carbons (Fsp3) is 0.292. The molecule has 0 radical (unpaired) electrons. The number of carbonyl (C=O) groups excluding carboxylic acids is 2. The van der Waals surface area contributed by atoms with Crippen molar-refractivity contribution in [2.24, 2.45) is 5.92 Å². The second-order valence-corrected chi connectivity index (χ2v) is 7.93. The first-order valence-electron chi connectivity index (χ1n) is 10.5. The van der Waals surface area contributed by atoms with Gasteiger partial charge in [0.05, 0.1) is 28.6 Å². The number of pyridine rings is 1. The Balaban J connectivity index is 1.81. The van der Waals surface area contributed by atoms with E-state index in [2.05, 4.69) is 10.3 Å². The lowest BCUT2D eigenvalue weighted by Gasteiger charge is -2.26. The predicted molar refractivity (Wildman–Crippen MR) is 122 cm³/mol. The summed E-state index contributed by atoms with van der Waals surface area (Å²) in [5, 5.41) is 3.40. The number of amides is 1. The molecule has 3 aromatic rings. The summed E-state index contributed by atoms with van der Waals surface area (Å²) in [6.07, 6.45) is 4.88. The lowest BCUT2D eigenvalue weighted by Crippen LogP contribution is -2.38. The number of rotatable bonds is 6. The van der Waals surface area contributed by atoms with Gasteiger partial charge in [-0.05, 0) is 30.7 Å². The first kappa shape index (κ1) is 20.7. The van der Waals surface area contributed by atoms with Crippen molar-refractivity contribution in [3.63, 3.8) is 0 Å². The maximum Gasteiger partial charge on any atom is 0.226 e. The second-order valence-electron chi connectivity index (χ2n) is 7.93. The molecular formula is C24H27N5O2. The Morgan fingerprint density at radius 2 is 1.90 bits per heavy atom. The molecular weight excluding hydrogens is 390 g/mol. The summed E-state index contributed by atoms with van der Waals surface area (Å²) >= 11 is 0. The number of nitrogens with zero attached hydrogens (tertiary/aromatic N) is 3. The van der Waals surface area contributed by atoms with E-state index >= 15 is 0 Å². The van der Waals surface area contributed by atoms with E-state index in [1.54, 1.807) is 29.0 Å². The molecule has 1 aromatic carbocycles. The van der Waals surface area contributed by atoms with Crippen molar-refractivity contribution in [2.45, 2.75) is 26.2 Å². The van der Waals surface area contributed by atoms with Crippen molar-refractivity contribution in [1.29, 1.82) is 0 Å². The van der Waals surface area contributed by atoms with Crippen molar-refractivity contribution >= 4 is 23.1 Å². The average molecular weight is 418 g/mol. The van der Waals surface area contributed by atoms with Crippen molar-refractivity contribution in [1.82, 2.24) is 14.6 Å². The van der Waals surface area contributed by atoms with E-state index in [1.807, 2.05) is 49.4 Å². The molecule has 0 fully saturated rings. The standard InChI is InChI=1S/C24H27N5O2/c1-3-13-28(2)24(31)17-14-19-21(20(30)15-17)22(27-18-7-5-4-6-8-18)23(29(19)25)16-9-11-26-12-10-16/h4-12,17,27H,3,13-15,25H2,1-2H3. The van der Waals surface area contributed by atoms with Crippen molar-refractivity contribution < 1.29 is 9.59 Å². The van der Waals surface area contributed by atoms with Crippen LogP contribution in [0.5, 0.6) is 0 Å². The largest absolute Gasteiger partial charge is 0.353 e. The van der Waals surface area contributed by atoms with Crippen LogP contribution in [0.4, 0.5) is 11.4 Å². The van der Waals surface area contributed by atoms with Gasteiger partial charge < -0.3 is 16.1 Å². The number of Topliss-reactive ketones (excluding diaryl/α,β-unsaturated/α-hetero) is 1. The molecule has 1 amide bonds. The van der Waals surface area contributed by atoms with Crippen LogP contribution in [-0.2, 0) is 11.2 Å². The maximum absolute atomic E-state index is 13.3. The van der Waals surface area contributed by atoms with Crippen LogP contribution >= 0.6 is 0 Å². The van der Waals surface area contributed by atoms with E-state index in [4.69, 9.17) is 5.84 Å². The quantitative estimate of drug-likeness (QED) is 0.598. The highest BCUT2D eigenvalue weighted by Crippen LogP contribution is 2.41. The number of hydrogen-bond acceptors (Lipinski definition) is 5. The normalized spacial score (nSPS) is 15.4. The summed E-state index contributed by atoms with van der Waals surface area (Å²) in [7, 11) is 1.79. The maximum atomic E-state index is 13.3. The molecule has 31 heavy (non-hydrogen) atoms. The van der Waals surface area contributed by atoms with E-state index in [-0.39, 0.29) is 18.1 Å². The highest BCUT2D eigenvalue weighted by molar-refractivity contribution is 6.09. The highest BCUT2D eigenvalue weighted by atomic mass is 16.2. The Hall–Kier alpha value is -3.61. The molecule has 160 valence electrons. The van der Waals surface area contributed by atoms with Crippen molar-refractivity contribution in [3.05, 3.63) is 66.1 Å². The Kier molecular flexibility index (Phi) is 5.75. The minimum atomic E-state index is -0.399. The van der Waals surface area contributed by atoms with Gasteiger partial charge in [0.25, 0.3) is 0 Å². The lowest BCUT2D eigenvalue weighted by atomic mass is 9.85. The van der Waals surface area contributed by atoms with Crippen LogP contribution in [-0.4, -0.2) is 39.8 Å². The molecule has 1 unspecified atom stereocenters. The number of fused-ring (bicyclic) bond motifs is 1. The number of benzene rings is 1. The van der Waals surface area contributed by atoms with Gasteiger partial charge in [-0.25, -0.2) is 0 Å². The summed E-state index contributed by atoms with van der Waals surface area (Å²) in [4.78, 5) is 32.0. The molecule has 2 aromatic heterocycles. The number of para-hydroxylation sites is 1. The molecule has 1 aliphatic carbocycles. The van der Waals surface area contributed by atoms with E-state index < -0.39 is 5.92 Å². The van der Waals surface area contributed by atoms with E-state index in [0.29, 0.717) is 35.6 Å². The minimum absolute atomic E-state index is 0.00919. The molecule has 0 aliphatic heterocycles. The van der Waals surface area contributed by atoms with Crippen LogP contribution in [0.3, 0.4) is 0 Å². The Morgan fingerprint density at radius 1 is 1.19 bits per heavy atom. The SMILES string of the molecule is CCCN(C)C(=O)C1CC(=O)c2c(Nc3ccccc3)c(-c3ccncc3)n(N)c2C1. The number of nitrogens with two attached hydrogens (primary N) is 1. The third-order valence-electron chi connectivity index (χ3n) is 5.74. The summed E-state index contributed by atoms with van der Waals surface area (Å²) in [6, 6.07) is 13.4. The first-order chi connectivity index (χ1) is 15.0. The molecule has 0 bridgehead atoms. The lowest BCUT2D eigenvalue weighted by molar-refractivity contribution is -0.134. The van der Waals surface area contributed by atoms with Crippen LogP contribution in [0.15, 0.2) is 54.9 Å². The molecule has 3 N–H and O–H groups in total. The van der Waals surface area contributed by atoms with E-state index in [9.17, 15) is 9.59 Å². The average Bonchev–Trinajstić information content (AvgIpc) is 3.06. The zero-order valence-electron chi connectivity index (χ0n) is 17.8. The van der Waals surface area contributed by atoms with E-state index in [1.165, 1.54) is 0 Å². The zero-order valence-corrected chi connectivity index (χ0v) is 17.8. The van der Waals surface area contributed by atoms with E-state index in [0.717, 1.165) is 17.7 Å². The number of nitrogens with one attached hydrogen (secondary N) is 1. The number of nitrogen functional groups attached to an aromatic ring is 1. The predicted octanol–water partition coefficient (Wildman–Crippen LogP) is 3.62. The topological polar surface area (TPSA) is 93.2 Å². The number of aromatic nitrogens is 2. The number of hydrogen-bond donors (Lipinski definition) is 2. The molecule has 4 rings (SSSR count). The van der Waals surface area contributed by atoms with Gasteiger partial charge in [0, 0.05) is 50.1 Å². The zero-order chi connectivity index (χ0) is 22.0. The van der Waals surface area contributed by atoms with Crippen LogP contribution in [0.1, 0.15) is 35.8 Å². The van der Waals surface area contributed by atoms with Gasteiger partial charge in [-0.1, -0.05) is 25.1 Å². The third-order valence-corrected chi connectivity index (χ3v) is 5.74. The Labute approximate surface area is 181 Å². The number of carbonyl (C=O) groups is 2. The van der Waals surface area contributed by atoms with Gasteiger partial charge >= 0.3 is 0 Å². The number of anilines is 2. The molecule has 7 nitrogen and oxygen atoms in total. The smallest absolute Gasteiger partial charge is 0.226 e. The van der Waals surface area contributed by atoms with Crippen molar-refractivity contribution in [3.8, 4) is 11.3 Å². The molecule has 0 saturated heterocycles. The summed E-state index contributed by atoms with van der Waals surface area (Å²) in [5.41, 5.74) is 4.35. The Bertz CT molecular complexity index is 1090. The van der Waals surface area contributed by atoms with Gasteiger partial charge in [0.2, 0.25) is 5.91 Å². The van der Waals surface area contributed by atoms with Gasteiger partial charge in [-0.3, -0.25) is 19.2 Å². The summed E-state index contributed by atoms with van der Waals surface area (Å²) in [6.45, 7) is 2.70. The van der Waals surface area contributed by atoms with Gasteiger partial charge in [0.15, 0.2) is 5.78 Å². The molecule has 0 saturated carbocycles. The monoisotopic (exact) mass is 417 g/mol. The molecule has 0 spiro atoms. The Morgan fingerprint density at radius 3 is 2.58 bits per heavy atom. The fourth-order valence-electron chi connectivity index (χ4n) is 4.28. The van der Waals surface area contributed by atoms with Gasteiger partial charge in [-0.15, -0.1) is 0 Å². The fourth-order valence-corrected chi connectivity index (χ4v) is 4.28. The first-order valence-corrected chi connectivity index (χ1v) is 10.5. The third kappa shape index (κ3) is 3.91. The molecule has 7 heteroatoms. The van der Waals surface area contributed by atoms with Crippen LogP contribution in [0, 0.1) is 5.92 Å². The van der Waals surface area contributed by atoms with Gasteiger partial charge in [-0.2, -0.15) is 0 Å². The molecule has 1 aliphatic rings. The molecule has 1 atom stereocenters. The molecule has 2 heterocycles. The van der Waals surface area contributed by atoms with Crippen LogP contribution < -0.4 is 11.2 Å². The summed E-state index contributed by atoms with van der Waals surface area (Å²) in [5.74, 6) is 6.07. The second kappa shape index (κ2) is 8.63. The minimum Gasteiger partial charge on any atom is -0.353 e. The van der Waals surface area contributed by atoms with Gasteiger partial charge in [0.1, 0.15) is 0 Å². The van der Waals surface area contributed by atoms with Crippen LogP contribution in [0.25, 0.3) is 11.3 Å². The number of ketones is 1. The summed E-state index contributed by atoms with van der Waals surface area (Å²) < 4.78 is 1.56.